The maximum absolute atomic E-state index is 13.5. The van der Waals surface area contributed by atoms with Gasteiger partial charge in [0.25, 0.3) is 0 Å². The Labute approximate surface area is 234 Å². The van der Waals surface area contributed by atoms with Gasteiger partial charge in [-0.15, -0.1) is 23.5 Å². The molecule has 0 bridgehead atoms. The first-order valence-corrected chi connectivity index (χ1v) is 14.1. The second-order valence-electron chi connectivity index (χ2n) is 8.51. The number of carbonyl (C=O) groups is 2. The summed E-state index contributed by atoms with van der Waals surface area (Å²) in [5.41, 5.74) is 2.02. The highest BCUT2D eigenvalue weighted by Crippen LogP contribution is 2.43. The second kappa shape index (κ2) is 11.3. The molecule has 0 aromatic heterocycles. The van der Waals surface area contributed by atoms with Gasteiger partial charge in [0.1, 0.15) is 0 Å². The quantitative estimate of drug-likeness (QED) is 0.305. The highest BCUT2D eigenvalue weighted by Gasteiger charge is 2.36. The zero-order chi connectivity index (χ0) is 25.9. The Balaban J connectivity index is 1.29. The Morgan fingerprint density at radius 2 is 1.78 bits per heavy atom. The summed E-state index contributed by atoms with van der Waals surface area (Å²) in [6.45, 7) is 1.81. The Morgan fingerprint density at radius 3 is 2.65 bits per heavy atom. The third-order valence-electron chi connectivity index (χ3n) is 5.92. The number of nitrogens with zero attached hydrogens (tertiary/aromatic N) is 1. The second-order valence-corrected chi connectivity index (χ2v) is 12.0. The van der Waals surface area contributed by atoms with Crippen LogP contribution in [0.3, 0.4) is 0 Å². The van der Waals surface area contributed by atoms with Crippen LogP contribution >= 0.6 is 46.7 Å². The molecular weight excluding hydrogens is 545 g/mol. The van der Waals surface area contributed by atoms with E-state index >= 15 is 0 Å². The van der Waals surface area contributed by atoms with Gasteiger partial charge in [-0.05, 0) is 55.5 Å². The van der Waals surface area contributed by atoms with E-state index in [0.717, 1.165) is 15.5 Å². The summed E-state index contributed by atoms with van der Waals surface area (Å²) in [6.07, 6.45) is 8.20. The van der Waals surface area contributed by atoms with Gasteiger partial charge in [0.05, 0.1) is 32.9 Å². The van der Waals surface area contributed by atoms with E-state index in [9.17, 15) is 9.59 Å². The van der Waals surface area contributed by atoms with Gasteiger partial charge in [-0.1, -0.05) is 65.7 Å². The lowest BCUT2D eigenvalue weighted by Gasteiger charge is -2.40. The van der Waals surface area contributed by atoms with Crippen LogP contribution in [0.15, 0.2) is 101 Å². The molecule has 0 spiro atoms. The van der Waals surface area contributed by atoms with Gasteiger partial charge in [-0.25, -0.2) is 4.79 Å². The summed E-state index contributed by atoms with van der Waals surface area (Å²) in [7, 11) is 0. The maximum atomic E-state index is 13.5. The minimum absolute atomic E-state index is 0.0792. The van der Waals surface area contributed by atoms with E-state index in [1.54, 1.807) is 30.0 Å². The average molecular weight is 569 g/mol. The summed E-state index contributed by atoms with van der Waals surface area (Å²) in [6, 6.07) is 20.1. The summed E-state index contributed by atoms with van der Waals surface area (Å²) in [4.78, 5) is 30.1. The normalized spacial score (nSPS) is 18.5. The first-order valence-electron chi connectivity index (χ1n) is 11.6. The van der Waals surface area contributed by atoms with Crippen LogP contribution in [0, 0.1) is 0 Å². The van der Waals surface area contributed by atoms with Crippen molar-refractivity contribution < 1.29 is 9.59 Å². The third-order valence-corrected chi connectivity index (χ3v) is 8.88. The highest BCUT2D eigenvalue weighted by atomic mass is 35.5. The van der Waals surface area contributed by atoms with Crippen molar-refractivity contribution in [3.63, 3.8) is 0 Å². The van der Waals surface area contributed by atoms with Crippen LogP contribution in [0.5, 0.6) is 0 Å². The number of rotatable bonds is 5. The molecule has 0 radical (unpaired) electrons. The number of anilines is 3. The number of para-hydroxylation sites is 1. The van der Waals surface area contributed by atoms with Crippen molar-refractivity contribution in [2.24, 2.45) is 0 Å². The molecule has 37 heavy (non-hydrogen) atoms. The lowest BCUT2D eigenvalue weighted by Crippen LogP contribution is -2.49. The number of allylic oxidation sites excluding steroid dienone is 2. The number of benzene rings is 3. The van der Waals surface area contributed by atoms with Crippen molar-refractivity contribution in [3.8, 4) is 0 Å². The Kier molecular flexibility index (Phi) is 7.86. The summed E-state index contributed by atoms with van der Waals surface area (Å²) < 4.78 is 0. The van der Waals surface area contributed by atoms with E-state index in [-0.39, 0.29) is 23.2 Å². The van der Waals surface area contributed by atoms with Crippen molar-refractivity contribution in [2.45, 2.75) is 33.3 Å². The summed E-state index contributed by atoms with van der Waals surface area (Å²) in [5.74, 6) is -0.200. The van der Waals surface area contributed by atoms with Crippen LogP contribution in [-0.4, -0.2) is 28.5 Å². The molecule has 5 rings (SSSR count). The van der Waals surface area contributed by atoms with Crippen LogP contribution < -0.4 is 15.5 Å². The van der Waals surface area contributed by atoms with E-state index in [2.05, 4.69) is 22.8 Å². The first kappa shape index (κ1) is 25.8. The van der Waals surface area contributed by atoms with Crippen LogP contribution in [-0.2, 0) is 4.79 Å². The number of thioether (sulfide) groups is 2. The van der Waals surface area contributed by atoms with Gasteiger partial charge in [0.2, 0.25) is 5.91 Å². The minimum Gasteiger partial charge on any atom is -0.324 e. The van der Waals surface area contributed by atoms with Gasteiger partial charge >= 0.3 is 6.03 Å². The monoisotopic (exact) mass is 567 g/mol. The van der Waals surface area contributed by atoms with Crippen LogP contribution in [0.1, 0.15) is 6.92 Å². The molecule has 3 aromatic rings. The Hall–Kier alpha value is -2.84. The topological polar surface area (TPSA) is 61.4 Å². The lowest BCUT2D eigenvalue weighted by molar-refractivity contribution is -0.115. The number of fused-ring (bicyclic) bond motifs is 2. The fourth-order valence-electron chi connectivity index (χ4n) is 4.14. The smallest absolute Gasteiger partial charge is 0.324 e. The van der Waals surface area contributed by atoms with Crippen molar-refractivity contribution in [1.29, 1.82) is 0 Å². The fraction of sp³-hybridized carbons (Fsp3) is 0.143. The molecule has 2 aliphatic rings. The first-order chi connectivity index (χ1) is 17.9. The number of halogens is 2. The largest absolute Gasteiger partial charge is 0.326 e. The van der Waals surface area contributed by atoms with Gasteiger partial charge in [-0.3, -0.25) is 9.69 Å². The van der Waals surface area contributed by atoms with Crippen molar-refractivity contribution >= 4 is 75.7 Å². The van der Waals surface area contributed by atoms with E-state index < -0.39 is 5.25 Å². The fourth-order valence-corrected chi connectivity index (χ4v) is 6.66. The summed E-state index contributed by atoms with van der Waals surface area (Å²) >= 11 is 15.4. The minimum atomic E-state index is -0.410. The number of hydrogen-bond donors (Lipinski definition) is 2. The molecule has 0 saturated carbocycles. The predicted octanol–water partition coefficient (Wildman–Crippen LogP) is 8.12. The average Bonchev–Trinajstić information content (AvgIpc) is 2.89. The van der Waals surface area contributed by atoms with Crippen molar-refractivity contribution in [1.82, 2.24) is 0 Å². The van der Waals surface area contributed by atoms with E-state index in [4.69, 9.17) is 23.2 Å². The molecule has 2 N–H and O–H groups in total. The standard InChI is InChI=1S/C28H23Cl2N3O2S2/c1-17(27(34)32-22-15-18(29)13-14-21(22)30)36-20-8-6-7-19(16-20)31-28(35)33-23-9-2-4-11-25(23)37-26-12-5-3-10-24(26)33/h2-17,23,25H,1H3,(H,31,35)(H,32,34). The molecule has 3 aromatic carbocycles. The third kappa shape index (κ3) is 5.85. The zero-order valence-corrected chi connectivity index (χ0v) is 22.9. The number of hydrogen-bond acceptors (Lipinski definition) is 4. The number of nitrogens with one attached hydrogen (secondary N) is 2. The molecule has 0 saturated heterocycles. The van der Waals surface area contributed by atoms with Crippen molar-refractivity contribution in [3.05, 3.63) is 101 Å². The van der Waals surface area contributed by atoms with Crippen LogP contribution in [0.25, 0.3) is 0 Å². The van der Waals surface area contributed by atoms with Crippen LogP contribution in [0.4, 0.5) is 21.9 Å². The summed E-state index contributed by atoms with van der Waals surface area (Å²) in [5, 5.41) is 6.54. The van der Waals surface area contributed by atoms with Gasteiger partial charge in [0.15, 0.2) is 0 Å². The molecule has 9 heteroatoms. The molecule has 1 heterocycles. The number of urea groups is 1. The van der Waals surface area contributed by atoms with E-state index in [0.29, 0.717) is 21.4 Å². The number of carbonyl (C=O) groups excluding carboxylic acids is 2. The van der Waals surface area contributed by atoms with E-state index in [1.165, 1.54) is 11.8 Å². The van der Waals surface area contributed by atoms with E-state index in [1.807, 2.05) is 72.5 Å². The van der Waals surface area contributed by atoms with Crippen LogP contribution in [0.2, 0.25) is 10.0 Å². The molecule has 0 fully saturated rings. The molecule has 5 nitrogen and oxygen atoms in total. The highest BCUT2D eigenvalue weighted by molar-refractivity contribution is 8.00. The van der Waals surface area contributed by atoms with Crippen molar-refractivity contribution in [2.75, 3.05) is 15.5 Å². The predicted molar refractivity (Wildman–Crippen MR) is 157 cm³/mol. The molecule has 1 aliphatic carbocycles. The molecule has 3 amide bonds. The molecule has 188 valence electrons. The maximum Gasteiger partial charge on any atom is 0.326 e. The van der Waals surface area contributed by atoms with Gasteiger partial charge in [0, 0.05) is 20.5 Å². The molecular formula is C28H23Cl2N3O2S2. The molecule has 3 atom stereocenters. The van der Waals surface area contributed by atoms with Gasteiger partial charge in [-0.2, -0.15) is 0 Å². The molecule has 1 aliphatic heterocycles. The molecule has 3 unspecified atom stereocenters. The SMILES string of the molecule is CC(Sc1cccc(NC(=O)N2c3ccccc3SC3C=CC=CC32)c1)C(=O)Nc1cc(Cl)ccc1Cl. The number of amides is 3. The Bertz CT molecular complexity index is 1410. The Morgan fingerprint density at radius 1 is 0.973 bits per heavy atom. The lowest BCUT2D eigenvalue weighted by atomic mass is 10.1. The van der Waals surface area contributed by atoms with Gasteiger partial charge < -0.3 is 10.6 Å². The zero-order valence-electron chi connectivity index (χ0n) is 19.7.